The molecule has 2 aromatic heterocycles. The van der Waals surface area contributed by atoms with Gasteiger partial charge in [0, 0.05) is 31.7 Å². The summed E-state index contributed by atoms with van der Waals surface area (Å²) in [4.78, 5) is 19.9. The summed E-state index contributed by atoms with van der Waals surface area (Å²) in [5.74, 6) is 1.02. The van der Waals surface area contributed by atoms with Crippen molar-refractivity contribution in [3.05, 3.63) is 17.3 Å². The van der Waals surface area contributed by atoms with Crippen LogP contribution in [0, 0.1) is 0 Å². The largest absolute Gasteiger partial charge is 0.357 e. The third-order valence-corrected chi connectivity index (χ3v) is 4.51. The molecular weight excluding hydrogens is 274 g/mol. The van der Waals surface area contributed by atoms with Gasteiger partial charge in [0.1, 0.15) is 6.04 Å². The van der Waals surface area contributed by atoms with Gasteiger partial charge >= 0.3 is 0 Å². The van der Waals surface area contributed by atoms with Gasteiger partial charge in [-0.15, -0.1) is 11.3 Å². The Bertz CT molecular complexity index is 619. The van der Waals surface area contributed by atoms with Crippen LogP contribution in [0.2, 0.25) is 0 Å². The van der Waals surface area contributed by atoms with Gasteiger partial charge in [-0.3, -0.25) is 9.20 Å². The van der Waals surface area contributed by atoms with E-state index in [-0.39, 0.29) is 11.9 Å². The molecule has 3 heterocycles. The molecule has 1 aliphatic heterocycles. The summed E-state index contributed by atoms with van der Waals surface area (Å²) in [5, 5.41) is 7.98. The molecule has 0 aliphatic carbocycles. The van der Waals surface area contributed by atoms with Crippen LogP contribution >= 0.6 is 11.3 Å². The van der Waals surface area contributed by atoms with Crippen LogP contribution in [0.5, 0.6) is 0 Å². The van der Waals surface area contributed by atoms with Crippen LogP contribution in [0.4, 0.5) is 5.82 Å². The summed E-state index contributed by atoms with van der Waals surface area (Å²) in [5.41, 5.74) is 1.12. The van der Waals surface area contributed by atoms with Gasteiger partial charge in [0.25, 0.3) is 0 Å². The fourth-order valence-corrected chi connectivity index (χ4v) is 3.57. The second-order valence-corrected chi connectivity index (χ2v) is 5.81. The van der Waals surface area contributed by atoms with E-state index in [0.717, 1.165) is 42.4 Å². The number of nitrogens with zero attached hydrogens (tertiary/aromatic N) is 3. The van der Waals surface area contributed by atoms with Gasteiger partial charge in [-0.25, -0.2) is 4.98 Å². The monoisotopic (exact) mass is 293 g/mol. The van der Waals surface area contributed by atoms with Crippen molar-refractivity contribution in [2.45, 2.75) is 25.4 Å². The number of hydrogen-bond acceptors (Lipinski definition) is 5. The number of rotatable bonds is 4. The number of anilines is 1. The minimum atomic E-state index is -0.0970. The number of carbonyl (C=O) groups is 1. The van der Waals surface area contributed by atoms with E-state index in [0.29, 0.717) is 0 Å². The minimum Gasteiger partial charge on any atom is -0.357 e. The number of amides is 1. The molecule has 6 nitrogen and oxygen atoms in total. The molecule has 7 heteroatoms. The van der Waals surface area contributed by atoms with E-state index >= 15 is 0 Å². The molecule has 0 radical (unpaired) electrons. The first-order chi connectivity index (χ1) is 9.76. The number of fused-ring (bicyclic) bond motifs is 1. The lowest BCUT2D eigenvalue weighted by atomic mass is 10.2. The predicted octanol–water partition coefficient (Wildman–Crippen LogP) is 0.830. The maximum atomic E-state index is 12.0. The van der Waals surface area contributed by atoms with E-state index in [9.17, 15) is 4.79 Å². The van der Waals surface area contributed by atoms with Gasteiger partial charge in [0.2, 0.25) is 5.91 Å². The smallest absolute Gasteiger partial charge is 0.242 e. The number of hydrogen-bond donors (Lipinski definition) is 2. The quantitative estimate of drug-likeness (QED) is 0.876. The summed E-state index contributed by atoms with van der Waals surface area (Å²) in [6, 6.07) is -0.0970. The number of carbonyl (C=O) groups excluding carboxylic acids is 1. The molecular formula is C13H19N5OS. The van der Waals surface area contributed by atoms with E-state index in [2.05, 4.69) is 19.9 Å². The fourth-order valence-electron chi connectivity index (χ4n) is 2.84. The van der Waals surface area contributed by atoms with E-state index in [4.69, 9.17) is 4.98 Å². The average molecular weight is 293 g/mol. The van der Waals surface area contributed by atoms with Crippen molar-refractivity contribution in [2.75, 3.05) is 25.5 Å². The Kier molecular flexibility index (Phi) is 3.62. The summed E-state index contributed by atoms with van der Waals surface area (Å²) >= 11 is 1.62. The SMILES string of the molecule is CNCc1c(N2CCCC2C(=O)NC)nc2sccn12. The van der Waals surface area contributed by atoms with Crippen molar-refractivity contribution < 1.29 is 4.79 Å². The number of thiazole rings is 1. The molecule has 0 aromatic carbocycles. The number of aromatic nitrogens is 2. The predicted molar refractivity (Wildman–Crippen MR) is 80.3 cm³/mol. The van der Waals surface area contributed by atoms with Gasteiger partial charge in [0.15, 0.2) is 10.8 Å². The zero-order chi connectivity index (χ0) is 14.1. The molecule has 2 aromatic rings. The van der Waals surface area contributed by atoms with Crippen LogP contribution in [-0.4, -0.2) is 42.0 Å². The molecule has 1 amide bonds. The average Bonchev–Trinajstić information content (AvgIpc) is 3.13. The molecule has 1 unspecified atom stereocenters. The number of likely N-dealkylation sites (N-methyl/N-ethyl adjacent to an activating group) is 1. The van der Waals surface area contributed by atoms with Crippen LogP contribution < -0.4 is 15.5 Å². The molecule has 2 N–H and O–H groups in total. The Balaban J connectivity index is 2.01. The third-order valence-electron chi connectivity index (χ3n) is 3.76. The molecule has 3 rings (SSSR count). The van der Waals surface area contributed by atoms with Crippen LogP contribution in [-0.2, 0) is 11.3 Å². The van der Waals surface area contributed by atoms with E-state index in [1.54, 1.807) is 18.4 Å². The molecule has 1 atom stereocenters. The van der Waals surface area contributed by atoms with Crippen LogP contribution in [0.15, 0.2) is 11.6 Å². The second-order valence-electron chi connectivity index (χ2n) is 4.93. The lowest BCUT2D eigenvalue weighted by molar-refractivity contribution is -0.121. The Morgan fingerprint density at radius 3 is 3.15 bits per heavy atom. The molecule has 1 saturated heterocycles. The first-order valence-corrected chi connectivity index (χ1v) is 7.71. The van der Waals surface area contributed by atoms with E-state index in [1.165, 1.54) is 0 Å². The Morgan fingerprint density at radius 1 is 1.55 bits per heavy atom. The van der Waals surface area contributed by atoms with Gasteiger partial charge < -0.3 is 15.5 Å². The van der Waals surface area contributed by atoms with Crippen molar-refractivity contribution >= 4 is 28.0 Å². The zero-order valence-electron chi connectivity index (χ0n) is 11.7. The molecule has 1 aliphatic rings. The first-order valence-electron chi connectivity index (χ1n) is 6.83. The topological polar surface area (TPSA) is 61.7 Å². The van der Waals surface area contributed by atoms with Crippen molar-refractivity contribution in [1.82, 2.24) is 20.0 Å². The maximum Gasteiger partial charge on any atom is 0.242 e. The summed E-state index contributed by atoms with van der Waals surface area (Å²) < 4.78 is 2.11. The normalized spacial score (nSPS) is 18.9. The van der Waals surface area contributed by atoms with Crippen molar-refractivity contribution in [2.24, 2.45) is 0 Å². The molecule has 0 bridgehead atoms. The zero-order valence-corrected chi connectivity index (χ0v) is 12.5. The highest BCUT2D eigenvalue weighted by atomic mass is 32.1. The summed E-state index contributed by atoms with van der Waals surface area (Å²) in [6.45, 7) is 1.63. The van der Waals surface area contributed by atoms with Crippen molar-refractivity contribution in [1.29, 1.82) is 0 Å². The Labute approximate surface area is 121 Å². The lowest BCUT2D eigenvalue weighted by Crippen LogP contribution is -2.42. The third kappa shape index (κ3) is 2.06. The van der Waals surface area contributed by atoms with Gasteiger partial charge in [-0.2, -0.15) is 0 Å². The van der Waals surface area contributed by atoms with Gasteiger partial charge in [-0.1, -0.05) is 0 Å². The molecule has 1 fully saturated rings. The fraction of sp³-hybridized carbons (Fsp3) is 0.538. The highest BCUT2D eigenvalue weighted by molar-refractivity contribution is 7.15. The molecule has 108 valence electrons. The second kappa shape index (κ2) is 5.41. The first kappa shape index (κ1) is 13.4. The highest BCUT2D eigenvalue weighted by Gasteiger charge is 2.33. The van der Waals surface area contributed by atoms with E-state index < -0.39 is 0 Å². The molecule has 0 saturated carbocycles. The Hall–Kier alpha value is -1.60. The van der Waals surface area contributed by atoms with E-state index in [1.807, 2.05) is 18.6 Å². The standard InChI is InChI=1S/C13H19N5OS/c1-14-8-10-11(16-13-18(10)6-7-20-13)17-5-3-4-9(17)12(19)15-2/h6-7,9,14H,3-5,8H2,1-2H3,(H,15,19). The number of nitrogens with one attached hydrogen (secondary N) is 2. The summed E-state index contributed by atoms with van der Waals surface area (Å²) in [7, 11) is 3.62. The van der Waals surface area contributed by atoms with Crippen molar-refractivity contribution in [3.63, 3.8) is 0 Å². The highest BCUT2D eigenvalue weighted by Crippen LogP contribution is 2.30. The van der Waals surface area contributed by atoms with Gasteiger partial charge in [0.05, 0.1) is 5.69 Å². The number of imidazole rings is 1. The molecule has 0 spiro atoms. The van der Waals surface area contributed by atoms with Crippen LogP contribution in [0.25, 0.3) is 4.96 Å². The van der Waals surface area contributed by atoms with Crippen molar-refractivity contribution in [3.8, 4) is 0 Å². The molecule has 20 heavy (non-hydrogen) atoms. The van der Waals surface area contributed by atoms with Crippen LogP contribution in [0.1, 0.15) is 18.5 Å². The van der Waals surface area contributed by atoms with Crippen LogP contribution in [0.3, 0.4) is 0 Å². The Morgan fingerprint density at radius 2 is 2.40 bits per heavy atom. The lowest BCUT2D eigenvalue weighted by Gasteiger charge is -2.24. The van der Waals surface area contributed by atoms with Gasteiger partial charge in [-0.05, 0) is 19.9 Å². The minimum absolute atomic E-state index is 0.0780. The summed E-state index contributed by atoms with van der Waals surface area (Å²) in [6.07, 6.45) is 3.96. The maximum absolute atomic E-state index is 12.0.